The van der Waals surface area contributed by atoms with Crippen molar-refractivity contribution in [2.45, 2.75) is 32.2 Å². The molecule has 1 aromatic rings. The first-order chi connectivity index (χ1) is 8.68. The second kappa shape index (κ2) is 5.19. The van der Waals surface area contributed by atoms with Crippen LogP contribution in [0.15, 0.2) is 24.3 Å². The standard InChI is InChI=1S/C15H25N3/c1-4-15(5-2,12-16)18-11-10-17(3)13-8-6-7-9-14(13)18/h6-9H,4-5,10-12,16H2,1-3H3. The number of anilines is 2. The Labute approximate surface area is 111 Å². The van der Waals surface area contributed by atoms with Crippen LogP contribution in [0.1, 0.15) is 26.7 Å². The van der Waals surface area contributed by atoms with E-state index in [-0.39, 0.29) is 5.54 Å². The highest BCUT2D eigenvalue weighted by Gasteiger charge is 2.35. The normalized spacial score (nSPS) is 15.8. The molecule has 0 radical (unpaired) electrons. The number of nitrogens with zero attached hydrogens (tertiary/aromatic N) is 2. The van der Waals surface area contributed by atoms with E-state index in [0.717, 1.165) is 32.5 Å². The van der Waals surface area contributed by atoms with Gasteiger partial charge in [-0.05, 0) is 25.0 Å². The monoisotopic (exact) mass is 247 g/mol. The van der Waals surface area contributed by atoms with E-state index in [9.17, 15) is 0 Å². The Bertz CT molecular complexity index is 390. The van der Waals surface area contributed by atoms with E-state index in [2.05, 4.69) is 55.0 Å². The zero-order valence-electron chi connectivity index (χ0n) is 11.8. The Morgan fingerprint density at radius 2 is 1.72 bits per heavy atom. The van der Waals surface area contributed by atoms with E-state index < -0.39 is 0 Å². The van der Waals surface area contributed by atoms with Crippen LogP contribution in [-0.4, -0.2) is 32.2 Å². The van der Waals surface area contributed by atoms with Crippen LogP contribution in [0.5, 0.6) is 0 Å². The molecule has 1 heterocycles. The summed E-state index contributed by atoms with van der Waals surface area (Å²) in [6.07, 6.45) is 2.19. The number of hydrogen-bond acceptors (Lipinski definition) is 3. The van der Waals surface area contributed by atoms with Crippen molar-refractivity contribution in [1.29, 1.82) is 0 Å². The number of hydrogen-bond donors (Lipinski definition) is 1. The average molecular weight is 247 g/mol. The van der Waals surface area contributed by atoms with Crippen molar-refractivity contribution in [2.24, 2.45) is 5.73 Å². The molecular weight excluding hydrogens is 222 g/mol. The third kappa shape index (κ3) is 1.97. The largest absolute Gasteiger partial charge is 0.371 e. The highest BCUT2D eigenvalue weighted by Crippen LogP contribution is 2.38. The quantitative estimate of drug-likeness (QED) is 0.887. The molecule has 0 aromatic heterocycles. The van der Waals surface area contributed by atoms with Crippen molar-refractivity contribution < 1.29 is 0 Å². The summed E-state index contributed by atoms with van der Waals surface area (Å²) in [5, 5.41) is 0. The van der Waals surface area contributed by atoms with Gasteiger partial charge in [-0.15, -0.1) is 0 Å². The summed E-state index contributed by atoms with van der Waals surface area (Å²) < 4.78 is 0. The molecule has 0 unspecified atom stereocenters. The first-order valence-corrected chi connectivity index (χ1v) is 6.96. The van der Waals surface area contributed by atoms with Crippen molar-refractivity contribution in [3.63, 3.8) is 0 Å². The predicted octanol–water partition coefficient (Wildman–Crippen LogP) is 2.46. The van der Waals surface area contributed by atoms with Gasteiger partial charge in [0.1, 0.15) is 0 Å². The minimum Gasteiger partial charge on any atom is -0.371 e. The lowest BCUT2D eigenvalue weighted by atomic mass is 9.89. The molecule has 0 fully saturated rings. The van der Waals surface area contributed by atoms with Gasteiger partial charge in [0.15, 0.2) is 0 Å². The molecule has 3 heteroatoms. The summed E-state index contributed by atoms with van der Waals surface area (Å²) in [5.41, 5.74) is 8.86. The van der Waals surface area contributed by atoms with Crippen LogP contribution in [0.2, 0.25) is 0 Å². The Hall–Kier alpha value is -1.22. The molecule has 0 bridgehead atoms. The molecule has 0 aliphatic carbocycles. The molecule has 2 N–H and O–H groups in total. The molecular formula is C15H25N3. The third-order valence-electron chi connectivity index (χ3n) is 4.51. The first-order valence-electron chi connectivity index (χ1n) is 6.96. The first kappa shape index (κ1) is 13.2. The molecule has 3 nitrogen and oxygen atoms in total. The molecule has 100 valence electrons. The maximum atomic E-state index is 6.10. The van der Waals surface area contributed by atoms with Crippen LogP contribution in [0, 0.1) is 0 Å². The van der Waals surface area contributed by atoms with Gasteiger partial charge < -0.3 is 15.5 Å². The molecule has 1 aliphatic heterocycles. The molecule has 1 aliphatic rings. The van der Waals surface area contributed by atoms with E-state index in [1.807, 2.05) is 0 Å². The molecule has 0 spiro atoms. The summed E-state index contributed by atoms with van der Waals surface area (Å²) in [4.78, 5) is 4.86. The van der Waals surface area contributed by atoms with Crippen molar-refractivity contribution >= 4 is 11.4 Å². The summed E-state index contributed by atoms with van der Waals surface area (Å²) in [5.74, 6) is 0. The highest BCUT2D eigenvalue weighted by molar-refractivity contribution is 5.74. The number of benzene rings is 1. The average Bonchev–Trinajstić information content (AvgIpc) is 2.43. The van der Waals surface area contributed by atoms with E-state index in [1.165, 1.54) is 11.4 Å². The maximum Gasteiger partial charge on any atom is 0.0609 e. The van der Waals surface area contributed by atoms with Gasteiger partial charge in [0.05, 0.1) is 16.9 Å². The summed E-state index contributed by atoms with van der Waals surface area (Å²) in [7, 11) is 2.16. The lowest BCUT2D eigenvalue weighted by Crippen LogP contribution is -2.57. The Kier molecular flexibility index (Phi) is 3.81. The third-order valence-corrected chi connectivity index (χ3v) is 4.51. The van der Waals surface area contributed by atoms with Crippen LogP contribution in [0.3, 0.4) is 0 Å². The fraction of sp³-hybridized carbons (Fsp3) is 0.600. The number of para-hydroxylation sites is 2. The second-order valence-corrected chi connectivity index (χ2v) is 5.20. The zero-order valence-corrected chi connectivity index (χ0v) is 11.8. The molecule has 18 heavy (non-hydrogen) atoms. The maximum absolute atomic E-state index is 6.10. The molecule has 0 saturated carbocycles. The van der Waals surface area contributed by atoms with Crippen molar-refractivity contribution in [3.8, 4) is 0 Å². The lowest BCUT2D eigenvalue weighted by Gasteiger charge is -2.48. The fourth-order valence-corrected chi connectivity index (χ4v) is 3.03. The molecule has 2 rings (SSSR count). The van der Waals surface area contributed by atoms with E-state index in [0.29, 0.717) is 0 Å². The molecule has 1 aromatic carbocycles. The van der Waals surface area contributed by atoms with Crippen LogP contribution in [0.4, 0.5) is 11.4 Å². The molecule has 0 amide bonds. The van der Waals surface area contributed by atoms with Crippen molar-refractivity contribution in [1.82, 2.24) is 0 Å². The van der Waals surface area contributed by atoms with Gasteiger partial charge in [0.2, 0.25) is 0 Å². The van der Waals surface area contributed by atoms with Gasteiger partial charge in [0.25, 0.3) is 0 Å². The van der Waals surface area contributed by atoms with Gasteiger partial charge in [0, 0.05) is 26.7 Å². The number of rotatable bonds is 4. The molecule has 0 atom stereocenters. The van der Waals surface area contributed by atoms with Gasteiger partial charge in [-0.3, -0.25) is 0 Å². The Balaban J connectivity index is 2.44. The second-order valence-electron chi connectivity index (χ2n) is 5.20. The minimum atomic E-state index is 0.108. The smallest absolute Gasteiger partial charge is 0.0609 e. The summed E-state index contributed by atoms with van der Waals surface area (Å²) >= 11 is 0. The van der Waals surface area contributed by atoms with Crippen LogP contribution in [-0.2, 0) is 0 Å². The van der Waals surface area contributed by atoms with Gasteiger partial charge in [-0.2, -0.15) is 0 Å². The van der Waals surface area contributed by atoms with E-state index in [1.54, 1.807) is 0 Å². The van der Waals surface area contributed by atoms with E-state index in [4.69, 9.17) is 5.73 Å². The van der Waals surface area contributed by atoms with Gasteiger partial charge in [-0.25, -0.2) is 0 Å². The van der Waals surface area contributed by atoms with Gasteiger partial charge in [-0.1, -0.05) is 26.0 Å². The number of nitrogens with two attached hydrogens (primary N) is 1. The van der Waals surface area contributed by atoms with Crippen molar-refractivity contribution in [3.05, 3.63) is 24.3 Å². The summed E-state index contributed by atoms with van der Waals surface area (Å²) in [6, 6.07) is 8.66. The SMILES string of the molecule is CCC(CC)(CN)N1CCN(C)c2ccccc21. The van der Waals surface area contributed by atoms with E-state index >= 15 is 0 Å². The predicted molar refractivity (Wildman–Crippen MR) is 79.4 cm³/mol. The number of likely N-dealkylation sites (N-methyl/N-ethyl adjacent to an activating group) is 1. The van der Waals surface area contributed by atoms with Crippen molar-refractivity contribution in [2.75, 3.05) is 36.5 Å². The zero-order chi connectivity index (χ0) is 13.2. The number of fused-ring (bicyclic) bond motifs is 1. The minimum absolute atomic E-state index is 0.108. The van der Waals surface area contributed by atoms with Crippen LogP contribution in [0.25, 0.3) is 0 Å². The Morgan fingerprint density at radius 1 is 1.11 bits per heavy atom. The highest BCUT2D eigenvalue weighted by atomic mass is 15.3. The lowest BCUT2D eigenvalue weighted by molar-refractivity contribution is 0.365. The fourth-order valence-electron chi connectivity index (χ4n) is 3.03. The topological polar surface area (TPSA) is 32.5 Å². The van der Waals surface area contributed by atoms with Gasteiger partial charge >= 0.3 is 0 Å². The van der Waals surface area contributed by atoms with Crippen LogP contribution < -0.4 is 15.5 Å². The Morgan fingerprint density at radius 3 is 2.28 bits per heavy atom. The summed E-state index contributed by atoms with van der Waals surface area (Å²) in [6.45, 7) is 7.35. The molecule has 0 saturated heterocycles. The van der Waals surface area contributed by atoms with Crippen LogP contribution >= 0.6 is 0 Å².